The van der Waals surface area contributed by atoms with Crippen LogP contribution in [0.15, 0.2) is 59.4 Å². The number of amides is 1. The maximum atomic E-state index is 11.8. The second-order valence-corrected chi connectivity index (χ2v) is 6.00. The Kier molecular flexibility index (Phi) is 5.19. The van der Waals surface area contributed by atoms with Crippen molar-refractivity contribution in [1.82, 2.24) is 4.90 Å². The van der Waals surface area contributed by atoms with Gasteiger partial charge in [0.15, 0.2) is 6.10 Å². The lowest BCUT2D eigenvalue weighted by atomic mass is 10.00. The number of aliphatic imine (C=N–C) groups is 1. The van der Waals surface area contributed by atoms with Gasteiger partial charge in [0.05, 0.1) is 13.7 Å². The fraction of sp³-hybridized carbons (Fsp3) is 0.368. The van der Waals surface area contributed by atoms with Crippen molar-refractivity contribution in [2.75, 3.05) is 20.8 Å². The lowest BCUT2D eigenvalue weighted by molar-refractivity contribution is 0.120. The summed E-state index contributed by atoms with van der Waals surface area (Å²) in [6, 6.07) is 9.83. The zero-order valence-electron chi connectivity index (χ0n) is 14.6. The molecule has 3 atom stereocenters. The van der Waals surface area contributed by atoms with Gasteiger partial charge in [-0.15, -0.1) is 0 Å². The van der Waals surface area contributed by atoms with E-state index < -0.39 is 6.09 Å². The lowest BCUT2D eigenvalue weighted by Crippen LogP contribution is -2.26. The smallest absolute Gasteiger partial charge is 0.417 e. The monoisotopic (exact) mass is 342 g/mol. The Bertz CT molecular complexity index is 711. The SMILES string of the molecule is COC[C@@H]1N=C(C2=CN(C(=O)OC)C=C[C@@H]2C)O[C@H]1c1ccccc1. The normalized spacial score (nSPS) is 25.2. The number of benzene rings is 1. The summed E-state index contributed by atoms with van der Waals surface area (Å²) in [5, 5.41) is 0. The largest absolute Gasteiger partial charge is 0.467 e. The molecule has 1 amide bonds. The molecule has 6 heteroatoms. The average molecular weight is 342 g/mol. The number of hydrogen-bond acceptors (Lipinski definition) is 5. The van der Waals surface area contributed by atoms with E-state index in [0.29, 0.717) is 12.5 Å². The van der Waals surface area contributed by atoms with Crippen LogP contribution >= 0.6 is 0 Å². The first-order valence-corrected chi connectivity index (χ1v) is 8.19. The van der Waals surface area contributed by atoms with Gasteiger partial charge in [0, 0.05) is 31.0 Å². The van der Waals surface area contributed by atoms with E-state index in [0.717, 1.165) is 11.1 Å². The van der Waals surface area contributed by atoms with Crippen LogP contribution in [0.2, 0.25) is 0 Å². The maximum Gasteiger partial charge on any atom is 0.417 e. The molecule has 2 aliphatic heterocycles. The van der Waals surface area contributed by atoms with Crippen LogP contribution in [-0.2, 0) is 14.2 Å². The summed E-state index contributed by atoms with van der Waals surface area (Å²) in [6.45, 7) is 2.49. The van der Waals surface area contributed by atoms with Crippen molar-refractivity contribution in [2.45, 2.75) is 19.1 Å². The molecule has 0 saturated heterocycles. The molecule has 0 radical (unpaired) electrons. The molecule has 3 rings (SSSR count). The van der Waals surface area contributed by atoms with Crippen molar-refractivity contribution in [1.29, 1.82) is 0 Å². The highest BCUT2D eigenvalue weighted by molar-refractivity contribution is 5.96. The van der Waals surface area contributed by atoms with Crippen LogP contribution in [0.25, 0.3) is 0 Å². The minimum atomic E-state index is -0.452. The molecule has 0 N–H and O–H groups in total. The third-order valence-electron chi connectivity index (χ3n) is 4.27. The van der Waals surface area contributed by atoms with Gasteiger partial charge in [-0.05, 0) is 5.56 Å². The molecule has 132 valence electrons. The Morgan fingerprint density at radius 2 is 2.04 bits per heavy atom. The number of ether oxygens (including phenoxy) is 3. The molecule has 0 aliphatic carbocycles. The first kappa shape index (κ1) is 17.2. The van der Waals surface area contributed by atoms with Gasteiger partial charge in [-0.2, -0.15) is 0 Å². The van der Waals surface area contributed by atoms with Crippen molar-refractivity contribution in [3.05, 3.63) is 59.9 Å². The quantitative estimate of drug-likeness (QED) is 0.842. The molecular weight excluding hydrogens is 320 g/mol. The summed E-state index contributed by atoms with van der Waals surface area (Å²) in [7, 11) is 3.01. The third kappa shape index (κ3) is 3.58. The van der Waals surface area contributed by atoms with Crippen LogP contribution in [0, 0.1) is 5.92 Å². The topological polar surface area (TPSA) is 60.4 Å². The number of nitrogens with zero attached hydrogens (tertiary/aromatic N) is 2. The van der Waals surface area contributed by atoms with Crippen LogP contribution in [-0.4, -0.2) is 43.8 Å². The van der Waals surface area contributed by atoms with E-state index >= 15 is 0 Å². The fourth-order valence-electron chi connectivity index (χ4n) is 2.92. The molecule has 0 bridgehead atoms. The number of rotatable bonds is 4. The number of carbonyl (C=O) groups excluding carboxylic acids is 1. The van der Waals surface area contributed by atoms with Gasteiger partial charge in [0.2, 0.25) is 5.90 Å². The van der Waals surface area contributed by atoms with E-state index in [4.69, 9.17) is 19.2 Å². The van der Waals surface area contributed by atoms with Crippen LogP contribution < -0.4 is 0 Å². The summed E-state index contributed by atoms with van der Waals surface area (Å²) < 4.78 is 16.3. The Labute approximate surface area is 147 Å². The Hall–Kier alpha value is -2.60. The standard InChI is InChI=1S/C19H22N2O4/c1-13-9-10-21(19(22)24-3)11-15(13)18-20-16(12-23-2)17(25-18)14-7-5-4-6-8-14/h4-11,13,16-17H,12H2,1-3H3/t13-,16-,17-/m0/s1. The molecule has 2 heterocycles. The Morgan fingerprint density at radius 1 is 1.28 bits per heavy atom. The number of methoxy groups -OCH3 is 2. The van der Waals surface area contributed by atoms with Gasteiger partial charge >= 0.3 is 6.09 Å². The van der Waals surface area contributed by atoms with Crippen LogP contribution in [0.4, 0.5) is 4.79 Å². The number of hydrogen-bond donors (Lipinski definition) is 0. The predicted octanol–water partition coefficient (Wildman–Crippen LogP) is 3.29. The molecule has 0 fully saturated rings. The summed E-state index contributed by atoms with van der Waals surface area (Å²) in [6.07, 6.45) is 4.66. The first-order valence-electron chi connectivity index (χ1n) is 8.19. The molecule has 25 heavy (non-hydrogen) atoms. The second-order valence-electron chi connectivity index (χ2n) is 6.00. The highest BCUT2D eigenvalue weighted by Crippen LogP contribution is 2.34. The van der Waals surface area contributed by atoms with Gasteiger partial charge in [-0.25, -0.2) is 9.79 Å². The molecule has 2 aliphatic rings. The van der Waals surface area contributed by atoms with Gasteiger partial charge < -0.3 is 14.2 Å². The third-order valence-corrected chi connectivity index (χ3v) is 4.27. The second kappa shape index (κ2) is 7.53. The van der Waals surface area contributed by atoms with Crippen molar-refractivity contribution < 1.29 is 19.0 Å². The average Bonchev–Trinajstić information content (AvgIpc) is 3.06. The molecule has 0 spiro atoms. The molecule has 1 aromatic carbocycles. The summed E-state index contributed by atoms with van der Waals surface area (Å²) >= 11 is 0. The summed E-state index contributed by atoms with van der Waals surface area (Å²) in [5.74, 6) is 0.624. The van der Waals surface area contributed by atoms with E-state index in [-0.39, 0.29) is 18.1 Å². The minimum absolute atomic E-state index is 0.0809. The molecule has 0 unspecified atom stereocenters. The van der Waals surface area contributed by atoms with Gasteiger partial charge in [0.25, 0.3) is 0 Å². The highest BCUT2D eigenvalue weighted by atomic mass is 16.5. The van der Waals surface area contributed by atoms with E-state index in [1.807, 2.05) is 43.3 Å². The zero-order valence-corrected chi connectivity index (χ0v) is 14.6. The fourth-order valence-corrected chi connectivity index (χ4v) is 2.92. The van der Waals surface area contributed by atoms with Crippen molar-refractivity contribution in [3.63, 3.8) is 0 Å². The number of allylic oxidation sites excluding steroid dienone is 1. The van der Waals surface area contributed by atoms with Crippen LogP contribution in [0.3, 0.4) is 0 Å². The summed E-state index contributed by atoms with van der Waals surface area (Å²) in [5.41, 5.74) is 1.89. The molecule has 0 aromatic heterocycles. The van der Waals surface area contributed by atoms with Crippen LogP contribution in [0.1, 0.15) is 18.6 Å². The van der Waals surface area contributed by atoms with E-state index in [1.54, 1.807) is 19.5 Å². The predicted molar refractivity (Wildman–Crippen MR) is 94.0 cm³/mol. The highest BCUT2D eigenvalue weighted by Gasteiger charge is 2.35. The van der Waals surface area contributed by atoms with Gasteiger partial charge in [-0.1, -0.05) is 43.3 Å². The zero-order chi connectivity index (χ0) is 17.8. The van der Waals surface area contributed by atoms with Crippen molar-refractivity contribution >= 4 is 12.0 Å². The van der Waals surface area contributed by atoms with Crippen LogP contribution in [0.5, 0.6) is 0 Å². The Morgan fingerprint density at radius 3 is 2.72 bits per heavy atom. The van der Waals surface area contributed by atoms with Gasteiger partial charge in [-0.3, -0.25) is 4.90 Å². The first-order chi connectivity index (χ1) is 12.1. The van der Waals surface area contributed by atoms with E-state index in [9.17, 15) is 4.79 Å². The number of carbonyl (C=O) groups is 1. The van der Waals surface area contributed by atoms with E-state index in [1.165, 1.54) is 12.0 Å². The van der Waals surface area contributed by atoms with Crippen molar-refractivity contribution in [2.24, 2.45) is 10.9 Å². The Balaban J connectivity index is 1.87. The van der Waals surface area contributed by atoms with Gasteiger partial charge in [0.1, 0.15) is 6.04 Å². The molecule has 6 nitrogen and oxygen atoms in total. The summed E-state index contributed by atoms with van der Waals surface area (Å²) in [4.78, 5) is 17.9. The lowest BCUT2D eigenvalue weighted by Gasteiger charge is -2.23. The van der Waals surface area contributed by atoms with E-state index in [2.05, 4.69) is 0 Å². The molecule has 1 aromatic rings. The van der Waals surface area contributed by atoms with Crippen molar-refractivity contribution in [3.8, 4) is 0 Å². The molecule has 0 saturated carbocycles. The minimum Gasteiger partial charge on any atom is -0.467 e. The molecular formula is C19H22N2O4. The maximum absolute atomic E-state index is 11.8.